The van der Waals surface area contributed by atoms with Crippen molar-refractivity contribution in [2.45, 2.75) is 18.3 Å². The number of rotatable bonds is 6. The summed E-state index contributed by atoms with van der Waals surface area (Å²) in [6, 6.07) is 28.6. The average molecular weight is 342 g/mol. The van der Waals surface area contributed by atoms with E-state index in [2.05, 4.69) is 6.07 Å². The summed E-state index contributed by atoms with van der Waals surface area (Å²) in [5.74, 6) is 0. The molecule has 4 heteroatoms. The average Bonchev–Trinajstić information content (AvgIpc) is 2.69. The first-order chi connectivity index (χ1) is 12.6. The first-order valence-corrected chi connectivity index (χ1v) is 8.37. The standard InChI is InChI=1S/C22H18N2O2/c23-17-22(15-18-7-3-1-4-8-18,16-19-9-5-2-6-10-19)20-11-13-21(14-12-20)24(25)26/h1-14H,15-16H2. The summed E-state index contributed by atoms with van der Waals surface area (Å²) in [5.41, 5.74) is 2.14. The highest BCUT2D eigenvalue weighted by Crippen LogP contribution is 2.33. The molecule has 0 saturated carbocycles. The minimum atomic E-state index is -0.794. The minimum absolute atomic E-state index is 0.0278. The molecule has 0 aliphatic carbocycles. The number of hydrogen-bond donors (Lipinski definition) is 0. The van der Waals surface area contributed by atoms with E-state index in [1.807, 2.05) is 60.7 Å². The van der Waals surface area contributed by atoms with Crippen molar-refractivity contribution in [3.8, 4) is 6.07 Å². The normalized spacial score (nSPS) is 10.9. The lowest BCUT2D eigenvalue weighted by molar-refractivity contribution is -0.384. The number of nitriles is 1. The van der Waals surface area contributed by atoms with Crippen LogP contribution in [0.3, 0.4) is 0 Å². The summed E-state index contributed by atoms with van der Waals surface area (Å²) in [6.07, 6.45) is 1.08. The fourth-order valence-corrected chi connectivity index (χ4v) is 3.20. The second-order valence-electron chi connectivity index (χ2n) is 6.32. The molecular formula is C22H18N2O2. The van der Waals surface area contributed by atoms with Crippen LogP contribution in [0.4, 0.5) is 5.69 Å². The molecule has 0 saturated heterocycles. The van der Waals surface area contributed by atoms with Crippen LogP contribution in [0.2, 0.25) is 0 Å². The maximum absolute atomic E-state index is 11.0. The van der Waals surface area contributed by atoms with Gasteiger partial charge in [0.15, 0.2) is 0 Å². The van der Waals surface area contributed by atoms with E-state index in [1.165, 1.54) is 12.1 Å². The highest BCUT2D eigenvalue weighted by molar-refractivity contribution is 5.43. The number of nitrogens with zero attached hydrogens (tertiary/aromatic N) is 2. The highest BCUT2D eigenvalue weighted by atomic mass is 16.6. The van der Waals surface area contributed by atoms with E-state index in [-0.39, 0.29) is 5.69 Å². The van der Waals surface area contributed by atoms with Crippen molar-refractivity contribution in [2.75, 3.05) is 0 Å². The van der Waals surface area contributed by atoms with Crippen LogP contribution >= 0.6 is 0 Å². The Balaban J connectivity index is 2.04. The van der Waals surface area contributed by atoms with Crippen LogP contribution in [0.15, 0.2) is 84.9 Å². The molecule has 0 aliphatic heterocycles. The van der Waals surface area contributed by atoms with E-state index in [4.69, 9.17) is 0 Å². The van der Waals surface area contributed by atoms with Crippen LogP contribution in [0.5, 0.6) is 0 Å². The zero-order valence-corrected chi connectivity index (χ0v) is 14.2. The van der Waals surface area contributed by atoms with Gasteiger partial charge >= 0.3 is 0 Å². The molecule has 26 heavy (non-hydrogen) atoms. The molecule has 0 aromatic heterocycles. The lowest BCUT2D eigenvalue weighted by Gasteiger charge is -2.27. The highest BCUT2D eigenvalue weighted by Gasteiger charge is 2.33. The fourth-order valence-electron chi connectivity index (χ4n) is 3.20. The van der Waals surface area contributed by atoms with Gasteiger partial charge < -0.3 is 0 Å². The van der Waals surface area contributed by atoms with Crippen molar-refractivity contribution >= 4 is 5.69 Å². The Labute approximate surface area is 152 Å². The number of hydrogen-bond acceptors (Lipinski definition) is 3. The first kappa shape index (κ1) is 17.4. The Bertz CT molecular complexity index is 872. The van der Waals surface area contributed by atoms with Crippen molar-refractivity contribution in [1.29, 1.82) is 5.26 Å². The SMILES string of the molecule is N#CC(Cc1ccccc1)(Cc1ccccc1)c1ccc([N+](=O)[O-])cc1. The van der Waals surface area contributed by atoms with Crippen LogP contribution in [-0.4, -0.2) is 4.92 Å². The third-order valence-corrected chi connectivity index (χ3v) is 4.54. The van der Waals surface area contributed by atoms with Crippen LogP contribution in [0.1, 0.15) is 16.7 Å². The summed E-state index contributed by atoms with van der Waals surface area (Å²) in [6.45, 7) is 0. The summed E-state index contributed by atoms with van der Waals surface area (Å²) >= 11 is 0. The molecule has 128 valence electrons. The number of nitro benzene ring substituents is 1. The van der Waals surface area contributed by atoms with Gasteiger partial charge in [0.1, 0.15) is 0 Å². The van der Waals surface area contributed by atoms with Crippen LogP contribution in [0, 0.1) is 21.4 Å². The molecule has 0 unspecified atom stereocenters. The third-order valence-electron chi connectivity index (χ3n) is 4.54. The first-order valence-electron chi connectivity index (χ1n) is 8.37. The molecule has 0 atom stereocenters. The summed E-state index contributed by atoms with van der Waals surface area (Å²) in [4.78, 5) is 10.5. The van der Waals surface area contributed by atoms with Gasteiger partial charge in [0.05, 0.1) is 16.4 Å². The molecule has 0 fully saturated rings. The molecule has 0 spiro atoms. The van der Waals surface area contributed by atoms with Gasteiger partial charge in [0.2, 0.25) is 0 Å². The number of nitro groups is 1. The Morgan fingerprint density at radius 2 is 1.27 bits per heavy atom. The van der Waals surface area contributed by atoms with E-state index >= 15 is 0 Å². The molecule has 0 radical (unpaired) electrons. The van der Waals surface area contributed by atoms with Crippen LogP contribution in [0.25, 0.3) is 0 Å². The Kier molecular flexibility index (Phi) is 5.09. The predicted octanol–water partition coefficient (Wildman–Crippen LogP) is 4.84. The molecular weight excluding hydrogens is 324 g/mol. The summed E-state index contributed by atoms with van der Waals surface area (Å²) < 4.78 is 0. The molecule has 3 rings (SSSR count). The zero-order chi connectivity index (χ0) is 18.4. The minimum Gasteiger partial charge on any atom is -0.258 e. The van der Waals surface area contributed by atoms with Gasteiger partial charge in [-0.05, 0) is 29.5 Å². The summed E-state index contributed by atoms with van der Waals surface area (Å²) in [7, 11) is 0. The Morgan fingerprint density at radius 3 is 1.65 bits per heavy atom. The van der Waals surface area contributed by atoms with Crippen molar-refractivity contribution < 1.29 is 4.92 Å². The fraction of sp³-hybridized carbons (Fsp3) is 0.136. The number of non-ortho nitro benzene ring substituents is 1. The second-order valence-corrected chi connectivity index (χ2v) is 6.32. The lowest BCUT2D eigenvalue weighted by Crippen LogP contribution is -2.30. The predicted molar refractivity (Wildman–Crippen MR) is 101 cm³/mol. The molecule has 0 N–H and O–H groups in total. The lowest BCUT2D eigenvalue weighted by atomic mass is 9.72. The largest absolute Gasteiger partial charge is 0.269 e. The Morgan fingerprint density at radius 1 is 0.808 bits per heavy atom. The van der Waals surface area contributed by atoms with E-state index in [9.17, 15) is 15.4 Å². The molecule has 3 aromatic rings. The van der Waals surface area contributed by atoms with Gasteiger partial charge in [0.25, 0.3) is 5.69 Å². The zero-order valence-electron chi connectivity index (χ0n) is 14.2. The van der Waals surface area contributed by atoms with Gasteiger partial charge in [-0.15, -0.1) is 0 Å². The van der Waals surface area contributed by atoms with Crippen molar-refractivity contribution in [1.82, 2.24) is 0 Å². The monoisotopic (exact) mass is 342 g/mol. The quantitative estimate of drug-likeness (QED) is 0.475. The van der Waals surface area contributed by atoms with Crippen molar-refractivity contribution in [3.63, 3.8) is 0 Å². The van der Waals surface area contributed by atoms with E-state index < -0.39 is 10.3 Å². The second kappa shape index (κ2) is 7.62. The smallest absolute Gasteiger partial charge is 0.258 e. The van der Waals surface area contributed by atoms with E-state index in [0.29, 0.717) is 12.8 Å². The maximum atomic E-state index is 11.0. The van der Waals surface area contributed by atoms with Gasteiger partial charge in [-0.2, -0.15) is 5.26 Å². The van der Waals surface area contributed by atoms with Gasteiger partial charge in [-0.25, -0.2) is 0 Å². The van der Waals surface area contributed by atoms with Crippen LogP contribution in [-0.2, 0) is 18.3 Å². The Hall–Kier alpha value is -3.45. The van der Waals surface area contributed by atoms with Crippen LogP contribution < -0.4 is 0 Å². The molecule has 4 nitrogen and oxygen atoms in total. The van der Waals surface area contributed by atoms with Gasteiger partial charge in [-0.3, -0.25) is 10.1 Å². The van der Waals surface area contributed by atoms with Crippen molar-refractivity contribution in [3.05, 3.63) is 112 Å². The molecule has 0 bridgehead atoms. The van der Waals surface area contributed by atoms with E-state index in [1.54, 1.807) is 12.1 Å². The topological polar surface area (TPSA) is 66.9 Å². The van der Waals surface area contributed by atoms with Gasteiger partial charge in [-0.1, -0.05) is 72.8 Å². The third kappa shape index (κ3) is 3.79. The molecule has 0 aliphatic rings. The summed E-state index contributed by atoms with van der Waals surface area (Å²) in [5, 5.41) is 21.1. The van der Waals surface area contributed by atoms with E-state index in [0.717, 1.165) is 16.7 Å². The van der Waals surface area contributed by atoms with Crippen molar-refractivity contribution in [2.24, 2.45) is 0 Å². The molecule has 0 amide bonds. The molecule has 3 aromatic carbocycles. The van der Waals surface area contributed by atoms with Gasteiger partial charge in [0, 0.05) is 12.1 Å². The molecule has 0 heterocycles. The number of benzene rings is 3. The maximum Gasteiger partial charge on any atom is 0.269 e.